The van der Waals surface area contributed by atoms with Crippen molar-refractivity contribution in [3.8, 4) is 11.5 Å². The molecule has 2 aromatic carbocycles. The Morgan fingerprint density at radius 1 is 0.473 bits per heavy atom. The van der Waals surface area contributed by atoms with E-state index in [-0.39, 0.29) is 198 Å². The van der Waals surface area contributed by atoms with Crippen molar-refractivity contribution < 1.29 is 164 Å². The summed E-state index contributed by atoms with van der Waals surface area (Å²) < 4.78 is 98.4. The average molecular weight is 1580 g/mol. The van der Waals surface area contributed by atoms with E-state index in [4.69, 9.17) is 90.1 Å². The molecule has 2 aliphatic rings. The van der Waals surface area contributed by atoms with Crippen molar-refractivity contribution in [3.63, 3.8) is 0 Å². The van der Waals surface area contributed by atoms with Gasteiger partial charge in [-0.1, -0.05) is 17.3 Å². The summed E-state index contributed by atoms with van der Waals surface area (Å²) in [5.74, 6) is -4.76. The molecule has 38 nitrogen and oxygen atoms in total. The molecule has 110 heavy (non-hydrogen) atoms. The van der Waals surface area contributed by atoms with Gasteiger partial charge < -0.3 is 142 Å². The van der Waals surface area contributed by atoms with E-state index >= 15 is 0 Å². The molecule has 0 radical (unpaired) electrons. The third-order valence-electron chi connectivity index (χ3n) is 15.6. The number of oxime groups is 1. The van der Waals surface area contributed by atoms with Crippen LogP contribution in [0.5, 0.6) is 11.5 Å². The van der Waals surface area contributed by atoms with E-state index in [2.05, 4.69) is 21.1 Å². The molecule has 4 rings (SSSR count). The molecule has 2 aliphatic heterocycles. The highest BCUT2D eigenvalue weighted by atomic mass is 16.7. The second kappa shape index (κ2) is 57.8. The summed E-state index contributed by atoms with van der Waals surface area (Å²) in [6, 6.07) is 7.90. The minimum atomic E-state index is -1.95. The van der Waals surface area contributed by atoms with Gasteiger partial charge in [0, 0.05) is 53.0 Å². The van der Waals surface area contributed by atoms with Crippen molar-refractivity contribution in [2.24, 2.45) is 5.16 Å². The van der Waals surface area contributed by atoms with E-state index < -0.39 is 91.1 Å². The number of ether oxygens (including phenoxy) is 18. The normalized spacial score (nSPS) is 19.2. The number of ketones is 2. The first-order valence-corrected chi connectivity index (χ1v) is 36.5. The summed E-state index contributed by atoms with van der Waals surface area (Å²) in [6.45, 7) is 11.1. The van der Waals surface area contributed by atoms with E-state index in [9.17, 15) is 74.1 Å². The minimum absolute atomic E-state index is 0.0345. The number of carboxylic acid groups (broad SMARTS) is 1. The number of nitrogens with one attached hydrogen (secondary N) is 3. The van der Waals surface area contributed by atoms with Crippen LogP contribution in [-0.2, 0) is 123 Å². The van der Waals surface area contributed by atoms with Gasteiger partial charge in [0.2, 0.25) is 24.4 Å². The third-order valence-corrected chi connectivity index (χ3v) is 15.6. The SMILES string of the molecule is CC(=O)OCc1ccc(O[C@@H]2OC[C@@H](O)[C@H](O)[C@H]2O)c(C(=O)CCCOCCOCCOCCOCCOCC(=O)N[C@@H](CCCCNC(=O)COCCOCCOCCOCCOCCNC(=O)c2cc(COC(C)=O)ccc2O[C@@H]2O[C@H](C(=O)O)[C@@H](O)[C@H](O)[C@H]2O)C(=O)CCCOCCOCCON=C(C)C)c1. The molecule has 2 saturated heterocycles. The monoisotopic (exact) mass is 1580 g/mol. The van der Waals surface area contributed by atoms with Crippen molar-refractivity contribution in [1.29, 1.82) is 0 Å². The van der Waals surface area contributed by atoms with Gasteiger partial charge in [-0.25, -0.2) is 4.79 Å². The Labute approximate surface area is 638 Å². The average Bonchev–Trinajstić information content (AvgIpc) is 0.823. The smallest absolute Gasteiger partial charge is 0.335 e. The van der Waals surface area contributed by atoms with Crippen molar-refractivity contribution in [3.05, 3.63) is 58.7 Å². The van der Waals surface area contributed by atoms with Gasteiger partial charge in [0.25, 0.3) is 5.91 Å². The van der Waals surface area contributed by atoms with Crippen LogP contribution in [0.2, 0.25) is 0 Å². The zero-order valence-electron chi connectivity index (χ0n) is 63.0. The zero-order valence-corrected chi connectivity index (χ0v) is 63.0. The largest absolute Gasteiger partial charge is 0.479 e. The molecule has 2 aromatic rings. The number of esters is 2. The highest BCUT2D eigenvalue weighted by Gasteiger charge is 2.48. The molecule has 0 aromatic heterocycles. The van der Waals surface area contributed by atoms with Crippen LogP contribution >= 0.6 is 0 Å². The first kappa shape index (κ1) is 95.2. The second-order valence-corrected chi connectivity index (χ2v) is 24.9. The summed E-state index contributed by atoms with van der Waals surface area (Å²) >= 11 is 0. The van der Waals surface area contributed by atoms with Crippen LogP contribution in [0.25, 0.3) is 0 Å². The number of aliphatic carboxylic acids is 1. The lowest BCUT2D eigenvalue weighted by Crippen LogP contribution is -2.61. The lowest BCUT2D eigenvalue weighted by Gasteiger charge is -2.38. The third kappa shape index (κ3) is 41.4. The quantitative estimate of drug-likeness (QED) is 0.0125. The number of amides is 3. The highest BCUT2D eigenvalue weighted by molar-refractivity contribution is 5.99. The summed E-state index contributed by atoms with van der Waals surface area (Å²) in [6.07, 6.45) is -12.9. The number of benzene rings is 2. The number of unbranched alkanes of at least 4 members (excludes halogenated alkanes) is 1. The highest BCUT2D eigenvalue weighted by Crippen LogP contribution is 2.30. The Morgan fingerprint density at radius 3 is 1.45 bits per heavy atom. The maximum Gasteiger partial charge on any atom is 0.335 e. The molecule has 10 N–H and O–H groups in total. The van der Waals surface area contributed by atoms with E-state index in [1.54, 1.807) is 6.07 Å². The van der Waals surface area contributed by atoms with E-state index in [0.29, 0.717) is 96.0 Å². The summed E-state index contributed by atoms with van der Waals surface area (Å²) in [5, 5.41) is 82.4. The molecule has 2 fully saturated rings. The van der Waals surface area contributed by atoms with Gasteiger partial charge in [-0.05, 0) is 81.3 Å². The van der Waals surface area contributed by atoms with Crippen LogP contribution in [0.15, 0.2) is 41.6 Å². The first-order valence-electron chi connectivity index (χ1n) is 36.5. The first-order chi connectivity index (χ1) is 53.1. The Bertz CT molecular complexity index is 3000. The van der Waals surface area contributed by atoms with Gasteiger partial charge >= 0.3 is 17.9 Å². The topological polar surface area (TPSA) is 502 Å². The number of hydrogen-bond donors (Lipinski definition) is 10. The number of carbonyl (C=O) groups excluding carboxylic acids is 7. The number of rotatable bonds is 64. The van der Waals surface area contributed by atoms with Crippen molar-refractivity contribution >= 4 is 52.9 Å². The van der Waals surface area contributed by atoms with Crippen LogP contribution in [0.1, 0.15) is 104 Å². The molecular formula is C72H112N4O34. The maximum atomic E-state index is 13.4. The van der Waals surface area contributed by atoms with Crippen molar-refractivity contribution in [1.82, 2.24) is 16.0 Å². The molecule has 2 heterocycles. The van der Waals surface area contributed by atoms with Gasteiger partial charge in [-0.15, -0.1) is 0 Å². The molecule has 3 amide bonds. The summed E-state index contributed by atoms with van der Waals surface area (Å²) in [5.41, 5.74) is 1.76. The van der Waals surface area contributed by atoms with Gasteiger partial charge in [-0.3, -0.25) is 33.6 Å². The fourth-order valence-electron chi connectivity index (χ4n) is 9.90. The molecule has 0 saturated carbocycles. The van der Waals surface area contributed by atoms with E-state index in [1.165, 1.54) is 44.2 Å². The number of carbonyl (C=O) groups is 8. The molecule has 38 heteroatoms. The number of aliphatic hydroxyl groups excluding tert-OH is 6. The predicted octanol–water partition coefficient (Wildman–Crippen LogP) is -0.973. The lowest BCUT2D eigenvalue weighted by atomic mass is 9.99. The number of Topliss-reactive ketones (excluding diaryl/α,β-unsaturated/α-hetero) is 2. The predicted molar refractivity (Wildman–Crippen MR) is 381 cm³/mol. The number of aliphatic hydroxyl groups is 6. The van der Waals surface area contributed by atoms with Crippen LogP contribution in [-0.4, -0.2) is 335 Å². The molecule has 0 aliphatic carbocycles. The molecule has 624 valence electrons. The van der Waals surface area contributed by atoms with Crippen LogP contribution in [0, 0.1) is 0 Å². The van der Waals surface area contributed by atoms with Crippen LogP contribution in [0.3, 0.4) is 0 Å². The zero-order chi connectivity index (χ0) is 80.1. The molecule has 0 unspecified atom stereocenters. The summed E-state index contributed by atoms with van der Waals surface area (Å²) in [7, 11) is 0. The van der Waals surface area contributed by atoms with Gasteiger partial charge in [0.05, 0.1) is 162 Å². The Morgan fingerprint density at radius 2 is 0.927 bits per heavy atom. The number of carboxylic acids is 1. The van der Waals surface area contributed by atoms with Gasteiger partial charge in [0.1, 0.15) is 81.2 Å². The molecule has 0 spiro atoms. The standard InChI is InChI=1S/C72H112N4O34/c1-48(2)76-107-40-39-101-25-22-93-19-8-11-57(80)55(75-62(83)47-103-38-36-100-34-32-97-29-27-95-24-21-92-18-7-10-56(79)53-41-51(43-104-49(3)77)12-14-59(53)108-71-66(87)63(84)58(81)45-106-71)9-5-6-16-73-61(82)46-102-37-35-99-33-31-98-30-28-96-26-23-94-20-17-74-69(89)54-42-52(44-105-50(4)78)13-15-60(54)109-72-67(88)64(85)65(86)68(110-72)70(90)91/h12-15,41-42,55,58,63-68,71-72,81,84-88H,5-11,16-40,43-47H2,1-4H3,(H,73,82)(H,74,89)(H,75,83)(H,90,91)/t55-,58+,63-,64-,65-,66+,67+,68-,71-,72+/m0/s1. The minimum Gasteiger partial charge on any atom is -0.479 e. The molecule has 0 bridgehead atoms. The Kier molecular flexibility index (Phi) is 50.1. The van der Waals surface area contributed by atoms with E-state index in [0.717, 1.165) is 5.71 Å². The van der Waals surface area contributed by atoms with Crippen LogP contribution < -0.4 is 25.4 Å². The fraction of sp³-hybridized carbons (Fsp3) is 0.708. The maximum absolute atomic E-state index is 13.4. The fourth-order valence-corrected chi connectivity index (χ4v) is 9.90. The molecular weight excluding hydrogens is 1460 g/mol. The second-order valence-electron chi connectivity index (χ2n) is 24.9. The lowest BCUT2D eigenvalue weighted by molar-refractivity contribution is -0.271. The van der Waals surface area contributed by atoms with Crippen molar-refractivity contribution in [2.45, 2.75) is 147 Å². The Balaban J connectivity index is 0.999. The summed E-state index contributed by atoms with van der Waals surface area (Å²) in [4.78, 5) is 105. The van der Waals surface area contributed by atoms with Gasteiger partial charge in [-0.2, -0.15) is 0 Å². The molecule has 10 atom stereocenters. The van der Waals surface area contributed by atoms with E-state index in [1.807, 2.05) is 13.8 Å². The van der Waals surface area contributed by atoms with Crippen LogP contribution in [0.4, 0.5) is 0 Å². The van der Waals surface area contributed by atoms with Crippen molar-refractivity contribution in [2.75, 3.05) is 185 Å². The number of nitrogens with zero attached hydrogens (tertiary/aromatic N) is 1. The van der Waals surface area contributed by atoms with Gasteiger partial charge in [0.15, 0.2) is 17.7 Å². The Hall–Kier alpha value is -7.13. The number of hydrogen-bond acceptors (Lipinski definition) is 34.